The quantitative estimate of drug-likeness (QED) is 0.479. The zero-order valence-corrected chi connectivity index (χ0v) is 5.76. The number of carbonyl (C=O) groups excluding carboxylic acids is 1. The zero-order chi connectivity index (χ0) is 6.43. The van der Waals surface area contributed by atoms with Crippen LogP contribution in [0.15, 0.2) is 0 Å². The number of hydrogen-bond donors (Lipinski definition) is 0. The molecule has 0 heterocycles. The third-order valence-electron chi connectivity index (χ3n) is 2.97. The lowest BCUT2D eigenvalue weighted by Crippen LogP contribution is -2.14. The van der Waals surface area contributed by atoms with Crippen LogP contribution in [-0.2, 0) is 4.79 Å². The highest BCUT2D eigenvalue weighted by atomic mass is 16.1. The first-order chi connectivity index (χ1) is 4.27. The summed E-state index contributed by atoms with van der Waals surface area (Å²) in [5, 5.41) is 0. The van der Waals surface area contributed by atoms with E-state index in [1.54, 1.807) is 0 Å². The van der Waals surface area contributed by atoms with Gasteiger partial charge in [-0.1, -0.05) is 6.92 Å². The van der Waals surface area contributed by atoms with Crippen LogP contribution in [0.1, 0.15) is 26.2 Å². The van der Waals surface area contributed by atoms with Crippen LogP contribution >= 0.6 is 0 Å². The molecular weight excluding hydrogens is 112 g/mol. The number of rotatable bonds is 0. The maximum atomic E-state index is 11.0. The van der Waals surface area contributed by atoms with E-state index in [2.05, 4.69) is 6.92 Å². The summed E-state index contributed by atoms with van der Waals surface area (Å²) in [6.45, 7) is 2.27. The molecular formula is C8H12O. The van der Waals surface area contributed by atoms with Crippen LogP contribution in [0.25, 0.3) is 0 Å². The van der Waals surface area contributed by atoms with E-state index in [0.29, 0.717) is 11.7 Å². The average Bonchev–Trinajstić information content (AvgIpc) is 2.24. The molecule has 2 fully saturated rings. The fourth-order valence-corrected chi connectivity index (χ4v) is 2.31. The predicted molar refractivity (Wildman–Crippen MR) is 35.0 cm³/mol. The molecule has 9 heavy (non-hydrogen) atoms. The largest absolute Gasteiger partial charge is 0.299 e. The van der Waals surface area contributed by atoms with Crippen molar-refractivity contribution in [2.45, 2.75) is 26.2 Å². The van der Waals surface area contributed by atoms with Gasteiger partial charge < -0.3 is 0 Å². The van der Waals surface area contributed by atoms with Gasteiger partial charge >= 0.3 is 0 Å². The molecule has 2 aliphatic rings. The topological polar surface area (TPSA) is 17.1 Å². The fourth-order valence-electron chi connectivity index (χ4n) is 2.31. The Morgan fingerprint density at radius 2 is 2.22 bits per heavy atom. The van der Waals surface area contributed by atoms with Gasteiger partial charge in [0.05, 0.1) is 0 Å². The molecule has 2 saturated carbocycles. The molecule has 0 N–H and O–H groups in total. The molecule has 2 bridgehead atoms. The first kappa shape index (κ1) is 5.45. The zero-order valence-electron chi connectivity index (χ0n) is 5.76. The van der Waals surface area contributed by atoms with Gasteiger partial charge in [-0.2, -0.15) is 0 Å². The Balaban J connectivity index is 2.19. The summed E-state index contributed by atoms with van der Waals surface area (Å²) in [6, 6.07) is 0. The van der Waals surface area contributed by atoms with Gasteiger partial charge in [0.2, 0.25) is 0 Å². The van der Waals surface area contributed by atoms with E-state index in [1.165, 1.54) is 12.8 Å². The maximum absolute atomic E-state index is 11.0. The van der Waals surface area contributed by atoms with Crippen LogP contribution in [0.4, 0.5) is 0 Å². The second-order valence-corrected chi connectivity index (χ2v) is 3.58. The number of Topliss-reactive ketones (excluding diaryl/α,β-unsaturated/α-hetero) is 1. The number of carbonyl (C=O) groups is 1. The van der Waals surface area contributed by atoms with Gasteiger partial charge in [-0.05, 0) is 24.7 Å². The Kier molecular flexibility index (Phi) is 0.961. The minimum Gasteiger partial charge on any atom is -0.299 e. The third-order valence-corrected chi connectivity index (χ3v) is 2.97. The van der Waals surface area contributed by atoms with E-state index in [0.717, 1.165) is 18.3 Å². The molecule has 0 aromatic heterocycles. The van der Waals surface area contributed by atoms with E-state index < -0.39 is 0 Å². The monoisotopic (exact) mass is 124 g/mol. The summed E-state index contributed by atoms with van der Waals surface area (Å²) in [4.78, 5) is 11.0. The van der Waals surface area contributed by atoms with Crippen LogP contribution in [0.5, 0.6) is 0 Å². The Morgan fingerprint density at radius 3 is 2.56 bits per heavy atom. The molecule has 0 saturated heterocycles. The number of hydrogen-bond acceptors (Lipinski definition) is 1. The van der Waals surface area contributed by atoms with Crippen molar-refractivity contribution >= 4 is 5.78 Å². The number of ketones is 1. The van der Waals surface area contributed by atoms with E-state index >= 15 is 0 Å². The smallest absolute Gasteiger partial charge is 0.136 e. The highest BCUT2D eigenvalue weighted by molar-refractivity contribution is 5.84. The Morgan fingerprint density at radius 1 is 1.44 bits per heavy atom. The summed E-state index contributed by atoms with van der Waals surface area (Å²) in [5.41, 5.74) is 0. The molecule has 1 heteroatoms. The van der Waals surface area contributed by atoms with Crippen molar-refractivity contribution in [2.24, 2.45) is 17.8 Å². The van der Waals surface area contributed by atoms with Crippen molar-refractivity contribution in [3.63, 3.8) is 0 Å². The lowest BCUT2D eigenvalue weighted by atomic mass is 9.90. The molecule has 0 spiro atoms. The molecule has 2 rings (SSSR count). The minimum atomic E-state index is 0.477. The normalized spacial score (nSPS) is 48.6. The second-order valence-electron chi connectivity index (χ2n) is 3.58. The average molecular weight is 124 g/mol. The van der Waals surface area contributed by atoms with Crippen LogP contribution < -0.4 is 0 Å². The summed E-state index contributed by atoms with van der Waals surface area (Å²) in [7, 11) is 0. The van der Waals surface area contributed by atoms with Crippen molar-refractivity contribution in [3.05, 3.63) is 0 Å². The lowest BCUT2D eigenvalue weighted by molar-refractivity contribution is -0.122. The van der Waals surface area contributed by atoms with E-state index in [9.17, 15) is 4.79 Å². The minimum absolute atomic E-state index is 0.477. The van der Waals surface area contributed by atoms with Crippen molar-refractivity contribution in [3.8, 4) is 0 Å². The fraction of sp³-hybridized carbons (Fsp3) is 0.875. The molecule has 0 radical (unpaired) electrons. The molecule has 3 atom stereocenters. The predicted octanol–water partition coefficient (Wildman–Crippen LogP) is 1.62. The summed E-state index contributed by atoms with van der Waals surface area (Å²) in [5.74, 6) is 2.62. The van der Waals surface area contributed by atoms with Gasteiger partial charge in [-0.25, -0.2) is 0 Å². The van der Waals surface area contributed by atoms with Crippen molar-refractivity contribution in [1.82, 2.24) is 0 Å². The Bertz CT molecular complexity index is 149. The van der Waals surface area contributed by atoms with Gasteiger partial charge in [0.25, 0.3) is 0 Å². The summed E-state index contributed by atoms with van der Waals surface area (Å²) in [6.07, 6.45) is 3.29. The summed E-state index contributed by atoms with van der Waals surface area (Å²) < 4.78 is 0. The van der Waals surface area contributed by atoms with Gasteiger partial charge in [0, 0.05) is 12.3 Å². The van der Waals surface area contributed by atoms with Crippen molar-refractivity contribution in [1.29, 1.82) is 0 Å². The molecule has 0 aromatic carbocycles. The lowest BCUT2D eigenvalue weighted by Gasteiger charge is -2.14. The standard InChI is InChI=1S/C8H12O/c1-5-2-7-3-6(5)4-8(7)9/h5-7H,2-4H2,1H3/t5-,6+,7-/m1/s1. The van der Waals surface area contributed by atoms with Crippen LogP contribution in [0, 0.1) is 17.8 Å². The van der Waals surface area contributed by atoms with Gasteiger partial charge in [-0.3, -0.25) is 4.79 Å². The first-order valence-corrected chi connectivity index (χ1v) is 3.80. The first-order valence-electron chi connectivity index (χ1n) is 3.80. The molecule has 0 amide bonds. The van der Waals surface area contributed by atoms with Crippen LogP contribution in [0.2, 0.25) is 0 Å². The van der Waals surface area contributed by atoms with E-state index in [1.807, 2.05) is 0 Å². The maximum Gasteiger partial charge on any atom is 0.136 e. The molecule has 0 unspecified atom stereocenters. The summed E-state index contributed by atoms with van der Waals surface area (Å²) >= 11 is 0. The molecule has 2 aliphatic carbocycles. The third kappa shape index (κ3) is 0.637. The highest BCUT2D eigenvalue weighted by Crippen LogP contribution is 2.45. The van der Waals surface area contributed by atoms with Crippen molar-refractivity contribution in [2.75, 3.05) is 0 Å². The molecule has 0 aliphatic heterocycles. The van der Waals surface area contributed by atoms with E-state index in [4.69, 9.17) is 0 Å². The van der Waals surface area contributed by atoms with Gasteiger partial charge in [0.15, 0.2) is 0 Å². The Labute approximate surface area is 55.4 Å². The van der Waals surface area contributed by atoms with Crippen molar-refractivity contribution < 1.29 is 4.79 Å². The van der Waals surface area contributed by atoms with E-state index in [-0.39, 0.29) is 0 Å². The highest BCUT2D eigenvalue weighted by Gasteiger charge is 2.42. The number of fused-ring (bicyclic) bond motifs is 2. The molecule has 0 aromatic rings. The SMILES string of the molecule is C[C@@H]1C[C@@H]2C[C@H]1CC2=O. The second kappa shape index (κ2) is 1.59. The van der Waals surface area contributed by atoms with Crippen LogP contribution in [-0.4, -0.2) is 5.78 Å². The van der Waals surface area contributed by atoms with Crippen LogP contribution in [0.3, 0.4) is 0 Å². The molecule has 50 valence electrons. The molecule has 1 nitrogen and oxygen atoms in total. The Hall–Kier alpha value is -0.330. The van der Waals surface area contributed by atoms with Gasteiger partial charge in [-0.15, -0.1) is 0 Å². The van der Waals surface area contributed by atoms with Gasteiger partial charge in [0.1, 0.15) is 5.78 Å².